The summed E-state index contributed by atoms with van der Waals surface area (Å²) in [6.07, 6.45) is 5.35. The number of hydrogen-bond acceptors (Lipinski definition) is 3. The van der Waals surface area contributed by atoms with Crippen LogP contribution in [0.1, 0.15) is 23.8 Å². The maximum atomic E-state index is 13.0. The molecule has 25 heavy (non-hydrogen) atoms. The fourth-order valence-electron chi connectivity index (χ4n) is 1.94. The van der Waals surface area contributed by atoms with Crippen molar-refractivity contribution in [3.8, 4) is 0 Å². The summed E-state index contributed by atoms with van der Waals surface area (Å²) in [6, 6.07) is 9.45. The Kier molecular flexibility index (Phi) is 7.10. The maximum absolute atomic E-state index is 13.0. The molecule has 0 aliphatic heterocycles. The first-order chi connectivity index (χ1) is 12.1. The Morgan fingerprint density at radius 3 is 2.60 bits per heavy atom. The summed E-state index contributed by atoms with van der Waals surface area (Å²) in [4.78, 5) is 25.3. The molecular weight excluding hydrogens is 339 g/mol. The van der Waals surface area contributed by atoms with E-state index in [0.29, 0.717) is 12.1 Å². The lowest BCUT2D eigenvalue weighted by molar-refractivity contribution is -0.121. The summed E-state index contributed by atoms with van der Waals surface area (Å²) in [6.45, 7) is 2.44. The Morgan fingerprint density at radius 2 is 1.96 bits per heavy atom. The van der Waals surface area contributed by atoms with Crippen LogP contribution in [0.2, 0.25) is 0 Å². The number of carbonyl (C=O) groups excluding carboxylic acids is 2. The van der Waals surface area contributed by atoms with Crippen molar-refractivity contribution >= 4 is 35.3 Å². The van der Waals surface area contributed by atoms with E-state index in [0.717, 1.165) is 11.3 Å². The first-order valence-electron chi connectivity index (χ1n) is 7.86. The molecule has 1 aromatic carbocycles. The number of hydrogen-bond donors (Lipinski definition) is 2. The second-order valence-corrected chi connectivity index (χ2v) is 6.18. The molecule has 2 rings (SSSR count). The van der Waals surface area contributed by atoms with Crippen LogP contribution in [0.4, 0.5) is 4.39 Å². The number of amides is 2. The van der Waals surface area contributed by atoms with Crippen LogP contribution in [0.15, 0.2) is 53.6 Å². The molecular formula is C19H19FN2O2S. The van der Waals surface area contributed by atoms with Gasteiger partial charge in [0.05, 0.1) is 0 Å². The van der Waals surface area contributed by atoms with Gasteiger partial charge in [-0.15, -0.1) is 11.3 Å². The van der Waals surface area contributed by atoms with E-state index in [1.165, 1.54) is 47.8 Å². The van der Waals surface area contributed by atoms with Gasteiger partial charge >= 0.3 is 0 Å². The van der Waals surface area contributed by atoms with Gasteiger partial charge in [-0.3, -0.25) is 9.59 Å². The normalized spacial score (nSPS) is 11.5. The highest BCUT2D eigenvalue weighted by Gasteiger charge is 2.11. The third-order valence-corrected chi connectivity index (χ3v) is 4.00. The molecule has 0 saturated heterocycles. The standard InChI is InChI=1S/C19H19FN2O2S/c1-2-11-21-19(24)17(13-14-5-7-15(20)8-6-14)22-18(23)10-9-16-4-3-12-25-16/h3-10,12-13H,2,11H2,1H3,(H,21,24)(H,22,23)/b10-9+,17-13-. The Hall–Kier alpha value is -2.73. The van der Waals surface area contributed by atoms with Crippen LogP contribution in [-0.4, -0.2) is 18.4 Å². The van der Waals surface area contributed by atoms with Gasteiger partial charge in [0.25, 0.3) is 5.91 Å². The first-order valence-corrected chi connectivity index (χ1v) is 8.74. The van der Waals surface area contributed by atoms with Crippen molar-refractivity contribution in [3.63, 3.8) is 0 Å². The van der Waals surface area contributed by atoms with Crippen LogP contribution in [0.25, 0.3) is 12.2 Å². The summed E-state index contributed by atoms with van der Waals surface area (Å²) in [7, 11) is 0. The molecule has 4 nitrogen and oxygen atoms in total. The molecule has 0 radical (unpaired) electrons. The van der Waals surface area contributed by atoms with Crippen molar-refractivity contribution in [1.82, 2.24) is 10.6 Å². The zero-order chi connectivity index (χ0) is 18.1. The lowest BCUT2D eigenvalue weighted by atomic mass is 10.2. The molecule has 0 bridgehead atoms. The van der Waals surface area contributed by atoms with Crippen molar-refractivity contribution in [2.45, 2.75) is 13.3 Å². The predicted octanol–water partition coefficient (Wildman–Crippen LogP) is 3.58. The quantitative estimate of drug-likeness (QED) is 0.743. The van der Waals surface area contributed by atoms with Gasteiger partial charge in [0.2, 0.25) is 5.91 Å². The van der Waals surface area contributed by atoms with E-state index in [-0.39, 0.29) is 17.4 Å². The average molecular weight is 358 g/mol. The number of thiophene rings is 1. The molecule has 0 spiro atoms. The van der Waals surface area contributed by atoms with Crippen LogP contribution < -0.4 is 10.6 Å². The molecule has 0 fully saturated rings. The lowest BCUT2D eigenvalue weighted by Gasteiger charge is -2.09. The summed E-state index contributed by atoms with van der Waals surface area (Å²) in [5.74, 6) is -1.16. The van der Waals surface area contributed by atoms with Crippen LogP contribution in [-0.2, 0) is 9.59 Å². The smallest absolute Gasteiger partial charge is 0.267 e. The number of benzene rings is 1. The average Bonchev–Trinajstić information content (AvgIpc) is 3.12. The Morgan fingerprint density at radius 1 is 1.20 bits per heavy atom. The highest BCUT2D eigenvalue weighted by Crippen LogP contribution is 2.10. The number of nitrogens with one attached hydrogen (secondary N) is 2. The molecule has 6 heteroatoms. The predicted molar refractivity (Wildman–Crippen MR) is 99.2 cm³/mol. The van der Waals surface area contributed by atoms with Crippen LogP contribution in [0.5, 0.6) is 0 Å². The van der Waals surface area contributed by atoms with Gasteiger partial charge in [-0.1, -0.05) is 25.1 Å². The first kappa shape index (κ1) is 18.6. The van der Waals surface area contributed by atoms with Crippen LogP contribution in [0.3, 0.4) is 0 Å². The second kappa shape index (κ2) is 9.54. The molecule has 0 aliphatic rings. The Labute approximate surface area is 150 Å². The van der Waals surface area contributed by atoms with Crippen LogP contribution >= 0.6 is 11.3 Å². The summed E-state index contributed by atoms with van der Waals surface area (Å²) in [5.41, 5.74) is 0.728. The topological polar surface area (TPSA) is 58.2 Å². The maximum Gasteiger partial charge on any atom is 0.267 e. The monoisotopic (exact) mass is 358 g/mol. The van der Waals surface area contributed by atoms with Gasteiger partial charge in [0.1, 0.15) is 11.5 Å². The molecule has 0 unspecified atom stereocenters. The molecule has 0 aliphatic carbocycles. The fraction of sp³-hybridized carbons (Fsp3) is 0.158. The van der Waals surface area contributed by atoms with Crippen LogP contribution in [0, 0.1) is 5.82 Å². The number of carbonyl (C=O) groups is 2. The Bertz CT molecular complexity index is 765. The third kappa shape index (κ3) is 6.35. The van der Waals surface area contributed by atoms with Crippen molar-refractivity contribution in [1.29, 1.82) is 0 Å². The number of halogens is 1. The van der Waals surface area contributed by atoms with E-state index < -0.39 is 5.91 Å². The summed E-state index contributed by atoms with van der Waals surface area (Å²) >= 11 is 1.51. The largest absolute Gasteiger partial charge is 0.351 e. The molecule has 0 atom stereocenters. The lowest BCUT2D eigenvalue weighted by Crippen LogP contribution is -2.34. The second-order valence-electron chi connectivity index (χ2n) is 5.20. The van der Waals surface area contributed by atoms with E-state index in [9.17, 15) is 14.0 Å². The highest BCUT2D eigenvalue weighted by molar-refractivity contribution is 7.10. The van der Waals surface area contributed by atoms with Crippen molar-refractivity contribution < 1.29 is 14.0 Å². The third-order valence-electron chi connectivity index (χ3n) is 3.16. The van der Waals surface area contributed by atoms with Gasteiger partial charge < -0.3 is 10.6 Å². The Balaban J connectivity index is 2.14. The molecule has 2 N–H and O–H groups in total. The van der Waals surface area contributed by atoms with Gasteiger partial charge in [-0.05, 0) is 47.7 Å². The number of rotatable bonds is 7. The highest BCUT2D eigenvalue weighted by atomic mass is 32.1. The minimum absolute atomic E-state index is 0.112. The van der Waals surface area contributed by atoms with E-state index in [2.05, 4.69) is 10.6 Å². The van der Waals surface area contributed by atoms with E-state index in [4.69, 9.17) is 0 Å². The van der Waals surface area contributed by atoms with Gasteiger partial charge in [-0.2, -0.15) is 0 Å². The molecule has 2 aromatic rings. The molecule has 130 valence electrons. The zero-order valence-corrected chi connectivity index (χ0v) is 14.6. The molecule has 1 heterocycles. The van der Waals surface area contributed by atoms with Gasteiger partial charge in [0, 0.05) is 17.5 Å². The van der Waals surface area contributed by atoms with Gasteiger partial charge in [0.15, 0.2) is 0 Å². The van der Waals surface area contributed by atoms with E-state index >= 15 is 0 Å². The SMILES string of the molecule is CCCNC(=O)/C(=C/c1ccc(F)cc1)NC(=O)/C=C/c1cccs1. The van der Waals surface area contributed by atoms with Crippen molar-refractivity contribution in [2.75, 3.05) is 6.54 Å². The minimum atomic E-state index is -0.409. The summed E-state index contributed by atoms with van der Waals surface area (Å²) < 4.78 is 13.0. The van der Waals surface area contributed by atoms with Gasteiger partial charge in [-0.25, -0.2) is 4.39 Å². The minimum Gasteiger partial charge on any atom is -0.351 e. The zero-order valence-electron chi connectivity index (χ0n) is 13.8. The van der Waals surface area contributed by atoms with E-state index in [1.807, 2.05) is 24.4 Å². The molecule has 2 amide bonds. The van der Waals surface area contributed by atoms with Crippen molar-refractivity contribution in [2.24, 2.45) is 0 Å². The fourth-order valence-corrected chi connectivity index (χ4v) is 2.55. The molecule has 0 saturated carbocycles. The van der Waals surface area contributed by atoms with Crippen molar-refractivity contribution in [3.05, 3.63) is 69.8 Å². The van der Waals surface area contributed by atoms with E-state index in [1.54, 1.807) is 6.08 Å². The molecule has 1 aromatic heterocycles. The summed E-state index contributed by atoms with van der Waals surface area (Å²) in [5, 5.41) is 7.22.